The van der Waals surface area contributed by atoms with E-state index in [4.69, 9.17) is 18.6 Å². The topological polar surface area (TPSA) is 109 Å². The molecule has 3 aromatic rings. The third kappa shape index (κ3) is 5.17. The van der Waals surface area contributed by atoms with Gasteiger partial charge in [0.25, 0.3) is 0 Å². The number of aryl methyl sites for hydroxylation is 1. The lowest BCUT2D eigenvalue weighted by atomic mass is 10.0. The maximum Gasteiger partial charge on any atom is 0.414 e. The number of carbonyl (C=O) groups excluding carboxylic acids is 2. The summed E-state index contributed by atoms with van der Waals surface area (Å²) in [6, 6.07) is 1.57. The SMILES string of the molecule is CCOC(=O)c1oc2cnc(-c3cnn(C)c3)cc2c1N(C(=O)OCC)C1CCCO[C@@H](CC)C1. The zero-order valence-electron chi connectivity index (χ0n) is 20.7. The van der Waals surface area contributed by atoms with Crippen molar-refractivity contribution in [2.75, 3.05) is 24.7 Å². The smallest absolute Gasteiger partial charge is 0.414 e. The van der Waals surface area contributed by atoms with Crippen molar-refractivity contribution in [3.63, 3.8) is 0 Å². The Morgan fingerprint density at radius 3 is 2.69 bits per heavy atom. The van der Waals surface area contributed by atoms with Crippen molar-refractivity contribution in [2.24, 2.45) is 7.05 Å². The van der Waals surface area contributed by atoms with Crippen molar-refractivity contribution in [1.82, 2.24) is 14.8 Å². The Kier molecular flexibility index (Phi) is 7.70. The molecular weight excluding hydrogens is 452 g/mol. The molecule has 10 nitrogen and oxygen atoms in total. The number of fused-ring (bicyclic) bond motifs is 1. The van der Waals surface area contributed by atoms with Crippen LogP contribution in [0.1, 0.15) is 57.0 Å². The number of pyridine rings is 1. The summed E-state index contributed by atoms with van der Waals surface area (Å²) < 4.78 is 24.4. The first-order valence-electron chi connectivity index (χ1n) is 12.1. The van der Waals surface area contributed by atoms with Crippen LogP contribution < -0.4 is 4.90 Å². The minimum atomic E-state index is -0.646. The molecular formula is C25H32N4O6. The predicted molar refractivity (Wildman–Crippen MR) is 129 cm³/mol. The van der Waals surface area contributed by atoms with Gasteiger partial charge in [0, 0.05) is 36.8 Å². The monoisotopic (exact) mass is 484 g/mol. The zero-order valence-corrected chi connectivity index (χ0v) is 20.7. The van der Waals surface area contributed by atoms with Gasteiger partial charge in [0.2, 0.25) is 5.76 Å². The summed E-state index contributed by atoms with van der Waals surface area (Å²) in [6.45, 7) is 6.53. The van der Waals surface area contributed by atoms with E-state index in [9.17, 15) is 9.59 Å². The Hall–Kier alpha value is -3.40. The number of nitrogens with zero attached hydrogens (tertiary/aromatic N) is 4. The number of ether oxygens (including phenoxy) is 3. The molecule has 0 saturated carbocycles. The van der Waals surface area contributed by atoms with E-state index in [0.29, 0.717) is 41.8 Å². The van der Waals surface area contributed by atoms with Crippen LogP contribution in [-0.4, -0.2) is 58.8 Å². The van der Waals surface area contributed by atoms with Crippen LogP contribution in [0.15, 0.2) is 29.1 Å². The molecule has 4 heterocycles. The van der Waals surface area contributed by atoms with Crippen LogP contribution in [-0.2, 0) is 21.3 Å². The molecule has 1 aliphatic heterocycles. The van der Waals surface area contributed by atoms with Crippen molar-refractivity contribution < 1.29 is 28.2 Å². The number of hydrogen-bond donors (Lipinski definition) is 0. The molecule has 1 unspecified atom stereocenters. The molecule has 0 radical (unpaired) electrons. The molecule has 0 spiro atoms. The second-order valence-corrected chi connectivity index (χ2v) is 8.47. The molecule has 0 N–H and O–H groups in total. The highest BCUT2D eigenvalue weighted by molar-refractivity contribution is 6.10. The summed E-state index contributed by atoms with van der Waals surface area (Å²) in [6.07, 6.45) is 7.48. The number of rotatable bonds is 7. The lowest BCUT2D eigenvalue weighted by Gasteiger charge is -2.31. The van der Waals surface area contributed by atoms with Crippen LogP contribution in [0.3, 0.4) is 0 Å². The lowest BCUT2D eigenvalue weighted by Crippen LogP contribution is -2.43. The van der Waals surface area contributed by atoms with Gasteiger partial charge in [-0.15, -0.1) is 0 Å². The van der Waals surface area contributed by atoms with Crippen molar-refractivity contribution in [3.8, 4) is 11.3 Å². The van der Waals surface area contributed by atoms with Gasteiger partial charge in [-0.3, -0.25) is 14.6 Å². The first-order chi connectivity index (χ1) is 17.0. The highest BCUT2D eigenvalue weighted by Crippen LogP contribution is 2.39. The summed E-state index contributed by atoms with van der Waals surface area (Å²) in [5.41, 5.74) is 2.16. The van der Waals surface area contributed by atoms with E-state index >= 15 is 0 Å². The van der Waals surface area contributed by atoms with Crippen LogP contribution in [0.2, 0.25) is 0 Å². The first-order valence-corrected chi connectivity index (χ1v) is 12.1. The van der Waals surface area contributed by atoms with Gasteiger partial charge in [-0.05, 0) is 45.6 Å². The van der Waals surface area contributed by atoms with Gasteiger partial charge < -0.3 is 18.6 Å². The van der Waals surface area contributed by atoms with Crippen LogP contribution >= 0.6 is 0 Å². The van der Waals surface area contributed by atoms with E-state index in [0.717, 1.165) is 18.4 Å². The fourth-order valence-electron chi connectivity index (χ4n) is 4.47. The van der Waals surface area contributed by atoms with E-state index in [-0.39, 0.29) is 31.1 Å². The van der Waals surface area contributed by atoms with Gasteiger partial charge in [0.05, 0.1) is 37.4 Å². The number of furan rings is 1. The fourth-order valence-corrected chi connectivity index (χ4v) is 4.47. The summed E-state index contributed by atoms with van der Waals surface area (Å²) >= 11 is 0. The highest BCUT2D eigenvalue weighted by atomic mass is 16.6. The van der Waals surface area contributed by atoms with E-state index < -0.39 is 12.1 Å². The highest BCUT2D eigenvalue weighted by Gasteiger charge is 2.37. The Morgan fingerprint density at radius 1 is 1.20 bits per heavy atom. The summed E-state index contributed by atoms with van der Waals surface area (Å²) in [5.74, 6) is -0.689. The standard InChI is InChI=1S/C25H32N4O6/c1-5-18-11-17(9-8-10-34-18)29(25(31)33-7-3)22-19-12-20(16-13-27-28(4)15-16)26-14-21(19)35-23(22)24(30)32-6-2/h12-15,17-18H,5-11H2,1-4H3/t17?,18-/m0/s1. The summed E-state index contributed by atoms with van der Waals surface area (Å²) in [4.78, 5) is 32.5. The normalized spacial score (nSPS) is 18.3. The zero-order chi connectivity index (χ0) is 24.9. The van der Waals surface area contributed by atoms with Crippen LogP contribution in [0.25, 0.3) is 22.2 Å². The van der Waals surface area contributed by atoms with E-state index in [2.05, 4.69) is 17.0 Å². The Morgan fingerprint density at radius 2 is 2.00 bits per heavy atom. The van der Waals surface area contributed by atoms with Crippen LogP contribution in [0, 0.1) is 0 Å². The van der Waals surface area contributed by atoms with Gasteiger partial charge in [-0.1, -0.05) is 6.92 Å². The molecule has 1 aliphatic rings. The maximum atomic E-state index is 13.4. The molecule has 0 aromatic carbocycles. The average Bonchev–Trinajstić information content (AvgIpc) is 3.36. The molecule has 2 atom stereocenters. The van der Waals surface area contributed by atoms with Crippen LogP contribution in [0.4, 0.5) is 10.5 Å². The predicted octanol–water partition coefficient (Wildman–Crippen LogP) is 4.72. The maximum absolute atomic E-state index is 13.4. The molecule has 188 valence electrons. The number of hydrogen-bond acceptors (Lipinski definition) is 8. The first kappa shape index (κ1) is 24.7. The summed E-state index contributed by atoms with van der Waals surface area (Å²) in [5, 5.41) is 4.80. The minimum absolute atomic E-state index is 0.00347. The molecule has 1 saturated heterocycles. The van der Waals surface area contributed by atoms with E-state index in [1.807, 2.05) is 19.3 Å². The minimum Gasteiger partial charge on any atom is -0.460 e. The van der Waals surface area contributed by atoms with Crippen molar-refractivity contribution in [2.45, 2.75) is 58.6 Å². The molecule has 35 heavy (non-hydrogen) atoms. The van der Waals surface area contributed by atoms with Crippen molar-refractivity contribution >= 4 is 28.7 Å². The van der Waals surface area contributed by atoms with Gasteiger partial charge >= 0.3 is 12.1 Å². The van der Waals surface area contributed by atoms with Gasteiger partial charge in [-0.2, -0.15) is 5.10 Å². The molecule has 10 heteroatoms. The number of carbonyl (C=O) groups is 2. The van der Waals surface area contributed by atoms with E-state index in [1.54, 1.807) is 35.8 Å². The van der Waals surface area contributed by atoms with E-state index in [1.165, 1.54) is 0 Å². The number of esters is 1. The second-order valence-electron chi connectivity index (χ2n) is 8.47. The molecule has 1 amide bonds. The van der Waals surface area contributed by atoms with Crippen molar-refractivity contribution in [1.29, 1.82) is 0 Å². The largest absolute Gasteiger partial charge is 0.460 e. The Balaban J connectivity index is 1.91. The number of aromatic nitrogens is 3. The Bertz CT molecular complexity index is 1190. The molecule has 0 bridgehead atoms. The molecule has 1 fully saturated rings. The van der Waals surface area contributed by atoms with Crippen molar-refractivity contribution in [3.05, 3.63) is 30.4 Å². The van der Waals surface area contributed by atoms with Gasteiger partial charge in [0.1, 0.15) is 5.69 Å². The molecule has 0 aliphatic carbocycles. The quantitative estimate of drug-likeness (QED) is 0.443. The van der Waals surface area contributed by atoms with Gasteiger partial charge in [0.15, 0.2) is 5.58 Å². The Labute approximate surface area is 204 Å². The van der Waals surface area contributed by atoms with Gasteiger partial charge in [-0.25, -0.2) is 9.59 Å². The molecule has 3 aromatic heterocycles. The number of amides is 1. The second kappa shape index (κ2) is 10.9. The molecule has 4 rings (SSSR count). The lowest BCUT2D eigenvalue weighted by molar-refractivity contribution is 0.0493. The van der Waals surface area contributed by atoms with Crippen LogP contribution in [0.5, 0.6) is 0 Å². The summed E-state index contributed by atoms with van der Waals surface area (Å²) in [7, 11) is 1.82. The third-order valence-corrected chi connectivity index (χ3v) is 6.11. The third-order valence-electron chi connectivity index (χ3n) is 6.11. The number of anilines is 1. The average molecular weight is 485 g/mol. The fraction of sp³-hybridized carbons (Fsp3) is 0.520.